The smallest absolute Gasteiger partial charge is 0.155 e. The van der Waals surface area contributed by atoms with Gasteiger partial charge in [0.05, 0.1) is 19.5 Å². The number of rotatable bonds is 4. The van der Waals surface area contributed by atoms with Gasteiger partial charge in [0.1, 0.15) is 0 Å². The van der Waals surface area contributed by atoms with Crippen LogP contribution < -0.4 is 0 Å². The van der Waals surface area contributed by atoms with Crippen LogP contribution in [-0.4, -0.2) is 50.1 Å². The molecule has 27 heavy (non-hydrogen) atoms. The van der Waals surface area contributed by atoms with Crippen molar-refractivity contribution in [3.05, 3.63) is 24.0 Å². The standard InChI is InChI=1S/C23H33NO3/c1-5-24-14-21(2)8-7-19(27-4)23-17(21)13-16(20(23)24)22(10-11-26-3)9-6-15(25)12-18(22)23/h10-12,16-17,19-20H,5-9,13-14H2,1-4H3/t16-,17+,19?,20?,21-,22-,23?/m0/s1. The Morgan fingerprint density at radius 3 is 2.85 bits per heavy atom. The summed E-state index contributed by atoms with van der Waals surface area (Å²) >= 11 is 0. The van der Waals surface area contributed by atoms with Crippen molar-refractivity contribution >= 4 is 5.78 Å². The van der Waals surface area contributed by atoms with Crippen molar-refractivity contribution in [2.45, 2.75) is 58.1 Å². The van der Waals surface area contributed by atoms with Gasteiger partial charge in [-0.1, -0.05) is 13.8 Å². The molecule has 148 valence electrons. The van der Waals surface area contributed by atoms with E-state index in [0.717, 1.165) is 19.4 Å². The first kappa shape index (κ1) is 17.9. The van der Waals surface area contributed by atoms with E-state index in [9.17, 15) is 4.79 Å². The molecular weight excluding hydrogens is 338 g/mol. The number of carbonyl (C=O) groups is 1. The molecule has 0 aromatic heterocycles. The normalized spacial score (nSPS) is 50.8. The van der Waals surface area contributed by atoms with E-state index >= 15 is 0 Å². The van der Waals surface area contributed by atoms with Gasteiger partial charge in [-0.3, -0.25) is 9.69 Å². The van der Waals surface area contributed by atoms with Gasteiger partial charge in [-0.05, 0) is 67.2 Å². The minimum Gasteiger partial charge on any atom is -0.505 e. The summed E-state index contributed by atoms with van der Waals surface area (Å²) in [6, 6.07) is 0.490. The lowest BCUT2D eigenvalue weighted by atomic mass is 9.46. The van der Waals surface area contributed by atoms with E-state index in [2.05, 4.69) is 24.8 Å². The summed E-state index contributed by atoms with van der Waals surface area (Å²) in [6.45, 7) is 7.07. The number of allylic oxidation sites excluding steroid dienone is 2. The Bertz CT molecular complexity index is 729. The van der Waals surface area contributed by atoms with Crippen LogP contribution in [0.1, 0.15) is 46.0 Å². The molecule has 3 unspecified atom stereocenters. The molecule has 1 heterocycles. The van der Waals surface area contributed by atoms with E-state index in [0.29, 0.717) is 35.5 Å². The van der Waals surface area contributed by atoms with Crippen LogP contribution in [0.4, 0.5) is 0 Å². The third kappa shape index (κ3) is 1.89. The van der Waals surface area contributed by atoms with Gasteiger partial charge in [0.25, 0.3) is 0 Å². The molecule has 5 rings (SSSR count). The Hall–Kier alpha value is -1.13. The molecule has 1 aliphatic heterocycles. The lowest BCUT2D eigenvalue weighted by Gasteiger charge is -2.63. The van der Waals surface area contributed by atoms with Gasteiger partial charge in [-0.25, -0.2) is 0 Å². The summed E-state index contributed by atoms with van der Waals surface area (Å²) in [5.74, 6) is 1.49. The molecule has 4 nitrogen and oxygen atoms in total. The molecule has 0 N–H and O–H groups in total. The van der Waals surface area contributed by atoms with E-state index in [4.69, 9.17) is 9.47 Å². The average Bonchev–Trinajstić information content (AvgIpc) is 3.08. The Kier molecular flexibility index (Phi) is 3.78. The van der Waals surface area contributed by atoms with Crippen molar-refractivity contribution in [1.29, 1.82) is 0 Å². The zero-order valence-electron chi connectivity index (χ0n) is 17.2. The minimum absolute atomic E-state index is 0.00512. The third-order valence-electron chi connectivity index (χ3n) is 9.16. The molecule has 5 bridgehead atoms. The number of ether oxygens (including phenoxy) is 2. The molecule has 4 heteroatoms. The fraction of sp³-hybridized carbons (Fsp3) is 0.783. The topological polar surface area (TPSA) is 38.8 Å². The average molecular weight is 372 g/mol. The monoisotopic (exact) mass is 371 g/mol. The molecule has 1 spiro atoms. The number of hydrogen-bond donors (Lipinski definition) is 0. The summed E-state index contributed by atoms with van der Waals surface area (Å²) in [6.07, 6.45) is 11.6. The molecule has 0 amide bonds. The first-order valence-electron chi connectivity index (χ1n) is 10.7. The third-order valence-corrected chi connectivity index (χ3v) is 9.16. The molecule has 4 aliphatic carbocycles. The summed E-state index contributed by atoms with van der Waals surface area (Å²) < 4.78 is 11.6. The summed E-state index contributed by atoms with van der Waals surface area (Å²) in [4.78, 5) is 15.4. The molecule has 5 aliphatic rings. The number of ketones is 1. The number of methoxy groups -OCH3 is 2. The maximum Gasteiger partial charge on any atom is 0.155 e. The highest BCUT2D eigenvalue weighted by molar-refractivity contribution is 5.92. The van der Waals surface area contributed by atoms with Crippen molar-refractivity contribution < 1.29 is 14.3 Å². The van der Waals surface area contributed by atoms with Crippen LogP contribution in [0.15, 0.2) is 24.0 Å². The second-order valence-electron chi connectivity index (χ2n) is 9.86. The van der Waals surface area contributed by atoms with Crippen LogP contribution >= 0.6 is 0 Å². The molecule has 3 saturated carbocycles. The Balaban J connectivity index is 1.78. The van der Waals surface area contributed by atoms with Gasteiger partial charge >= 0.3 is 0 Å². The van der Waals surface area contributed by atoms with E-state index < -0.39 is 0 Å². The highest BCUT2D eigenvalue weighted by atomic mass is 16.5. The second-order valence-corrected chi connectivity index (χ2v) is 9.86. The number of carbonyl (C=O) groups excluding carboxylic acids is 1. The fourth-order valence-electron chi connectivity index (χ4n) is 8.44. The van der Waals surface area contributed by atoms with Crippen molar-refractivity contribution in [2.24, 2.45) is 28.1 Å². The number of fused-ring (bicyclic) bond motifs is 2. The van der Waals surface area contributed by atoms with Crippen LogP contribution in [0.3, 0.4) is 0 Å². The van der Waals surface area contributed by atoms with Crippen LogP contribution in [-0.2, 0) is 14.3 Å². The van der Waals surface area contributed by atoms with Crippen LogP contribution in [0, 0.1) is 28.1 Å². The number of nitrogens with zero attached hydrogens (tertiary/aromatic N) is 1. The van der Waals surface area contributed by atoms with Gasteiger partial charge in [0.2, 0.25) is 0 Å². The second kappa shape index (κ2) is 5.70. The molecule has 1 saturated heterocycles. The zero-order valence-corrected chi connectivity index (χ0v) is 17.2. The van der Waals surface area contributed by atoms with E-state index in [1.165, 1.54) is 25.0 Å². The first-order chi connectivity index (χ1) is 13.0. The molecular formula is C23H33NO3. The summed E-state index contributed by atoms with van der Waals surface area (Å²) in [7, 11) is 3.61. The van der Waals surface area contributed by atoms with E-state index in [-0.39, 0.29) is 16.9 Å². The van der Waals surface area contributed by atoms with Crippen molar-refractivity contribution in [2.75, 3.05) is 27.3 Å². The Morgan fingerprint density at radius 2 is 2.15 bits per heavy atom. The SMILES string of the molecule is CCN1C[C@]2(C)CCC(OC)C34C5=CC(=O)CC[C@]5(C=COC)[C@@H](C[C@@H]32)C14. The van der Waals surface area contributed by atoms with E-state index in [1.54, 1.807) is 7.11 Å². The van der Waals surface area contributed by atoms with Gasteiger partial charge < -0.3 is 9.47 Å². The van der Waals surface area contributed by atoms with Gasteiger partial charge in [-0.2, -0.15) is 0 Å². The largest absolute Gasteiger partial charge is 0.505 e. The maximum absolute atomic E-state index is 12.6. The number of piperidine rings is 1. The van der Waals surface area contributed by atoms with Crippen molar-refractivity contribution in [1.82, 2.24) is 4.90 Å². The predicted molar refractivity (Wildman–Crippen MR) is 104 cm³/mol. The number of likely N-dealkylation sites (tertiary alicyclic amines) is 1. The Labute approximate surface area is 163 Å². The highest BCUT2D eigenvalue weighted by Gasteiger charge is 2.80. The molecule has 4 fully saturated rings. The molecule has 0 radical (unpaired) electrons. The van der Waals surface area contributed by atoms with Crippen LogP contribution in [0.5, 0.6) is 0 Å². The van der Waals surface area contributed by atoms with Crippen molar-refractivity contribution in [3.63, 3.8) is 0 Å². The van der Waals surface area contributed by atoms with Gasteiger partial charge in [0.15, 0.2) is 5.78 Å². The quantitative estimate of drug-likeness (QED) is 0.708. The molecule has 0 aromatic rings. The van der Waals surface area contributed by atoms with Crippen molar-refractivity contribution in [3.8, 4) is 0 Å². The van der Waals surface area contributed by atoms with Crippen LogP contribution in [0.25, 0.3) is 0 Å². The lowest BCUT2D eigenvalue weighted by molar-refractivity contribution is -0.161. The van der Waals surface area contributed by atoms with Gasteiger partial charge in [0, 0.05) is 36.9 Å². The zero-order chi connectivity index (χ0) is 19.0. The first-order valence-corrected chi connectivity index (χ1v) is 10.7. The van der Waals surface area contributed by atoms with E-state index in [1.807, 2.05) is 19.4 Å². The maximum atomic E-state index is 12.6. The van der Waals surface area contributed by atoms with Crippen LogP contribution in [0.2, 0.25) is 0 Å². The van der Waals surface area contributed by atoms with Gasteiger partial charge in [-0.15, -0.1) is 0 Å². The minimum atomic E-state index is -0.0299. The molecule has 7 atom stereocenters. The predicted octanol–water partition coefficient (Wildman–Crippen LogP) is 3.58. The fourth-order valence-corrected chi connectivity index (χ4v) is 8.44. The lowest BCUT2D eigenvalue weighted by Crippen LogP contribution is -2.66. The summed E-state index contributed by atoms with van der Waals surface area (Å²) in [5.41, 5.74) is 1.68. The summed E-state index contributed by atoms with van der Waals surface area (Å²) in [5, 5.41) is 0. The Morgan fingerprint density at radius 1 is 1.33 bits per heavy atom. The molecule has 0 aromatic carbocycles. The highest BCUT2D eigenvalue weighted by Crippen LogP contribution is 2.80. The number of hydrogen-bond acceptors (Lipinski definition) is 4.